The molecule has 0 saturated heterocycles. The molecule has 1 heterocycles. The van der Waals surface area contributed by atoms with Crippen LogP contribution in [0.2, 0.25) is 5.02 Å². The van der Waals surface area contributed by atoms with Crippen LogP contribution < -0.4 is 4.74 Å². The van der Waals surface area contributed by atoms with E-state index in [4.69, 9.17) is 16.3 Å². The van der Waals surface area contributed by atoms with Crippen LogP contribution in [0.25, 0.3) is 10.1 Å². The van der Waals surface area contributed by atoms with E-state index >= 15 is 0 Å². The van der Waals surface area contributed by atoms with Gasteiger partial charge in [-0.3, -0.25) is 0 Å². The Labute approximate surface area is 90.1 Å². The van der Waals surface area contributed by atoms with Gasteiger partial charge >= 0.3 is 0 Å². The van der Waals surface area contributed by atoms with Gasteiger partial charge in [0, 0.05) is 4.70 Å². The number of hydrogen-bond donors (Lipinski definition) is 0. The lowest BCUT2D eigenvalue weighted by molar-refractivity contribution is 0.341. The molecule has 1 aromatic carbocycles. The normalized spacial score (nSPS) is 10.8. The number of fused-ring (bicyclic) bond motifs is 1. The molecule has 0 spiro atoms. The molecule has 0 aliphatic carbocycles. The van der Waals surface area contributed by atoms with Crippen molar-refractivity contribution in [2.45, 2.75) is 6.92 Å². The molecule has 0 aliphatic heterocycles. The van der Waals surface area contributed by atoms with Crippen LogP contribution in [0.1, 0.15) is 6.92 Å². The van der Waals surface area contributed by atoms with Gasteiger partial charge in [0.2, 0.25) is 0 Å². The zero-order chi connectivity index (χ0) is 10.1. The lowest BCUT2D eigenvalue weighted by Crippen LogP contribution is -1.91. The van der Waals surface area contributed by atoms with Crippen LogP contribution in [0.15, 0.2) is 18.2 Å². The number of hydrogen-bond acceptors (Lipinski definition) is 2. The van der Waals surface area contributed by atoms with Crippen molar-refractivity contribution >= 4 is 33.0 Å². The first kappa shape index (κ1) is 9.74. The second kappa shape index (κ2) is 3.75. The van der Waals surface area contributed by atoms with Gasteiger partial charge < -0.3 is 4.74 Å². The largest absolute Gasteiger partial charge is 0.492 e. The Morgan fingerprint density at radius 1 is 1.43 bits per heavy atom. The van der Waals surface area contributed by atoms with E-state index in [9.17, 15) is 4.39 Å². The molecule has 2 rings (SSSR count). The third-order valence-electron chi connectivity index (χ3n) is 1.84. The van der Waals surface area contributed by atoms with E-state index in [0.29, 0.717) is 17.4 Å². The predicted octanol–water partition coefficient (Wildman–Crippen LogP) is 4.09. The topological polar surface area (TPSA) is 9.23 Å². The molecule has 0 fully saturated rings. The van der Waals surface area contributed by atoms with Crippen LogP contribution in [-0.4, -0.2) is 6.61 Å². The average Bonchev–Trinajstić information content (AvgIpc) is 2.45. The summed E-state index contributed by atoms with van der Waals surface area (Å²) in [5, 5.41) is 1.16. The highest BCUT2D eigenvalue weighted by Gasteiger charge is 2.07. The molecule has 0 radical (unpaired) electrons. The van der Waals surface area contributed by atoms with Crippen LogP contribution in [0.3, 0.4) is 0 Å². The number of ether oxygens (including phenoxy) is 1. The van der Waals surface area contributed by atoms with Gasteiger partial charge in [-0.25, -0.2) is 0 Å². The lowest BCUT2D eigenvalue weighted by Gasteiger charge is -2.04. The smallest absolute Gasteiger partial charge is 0.177 e. The first-order chi connectivity index (χ1) is 6.70. The Hall–Kier alpha value is -0.800. The molecular formula is C10H8ClFOS. The van der Waals surface area contributed by atoms with Crippen molar-refractivity contribution < 1.29 is 9.13 Å². The number of benzene rings is 1. The lowest BCUT2D eigenvalue weighted by atomic mass is 10.2. The van der Waals surface area contributed by atoms with Gasteiger partial charge in [0.25, 0.3) is 0 Å². The van der Waals surface area contributed by atoms with Gasteiger partial charge in [-0.1, -0.05) is 11.6 Å². The first-order valence-electron chi connectivity index (χ1n) is 4.22. The van der Waals surface area contributed by atoms with Crippen molar-refractivity contribution in [2.75, 3.05) is 6.61 Å². The SMILES string of the molecule is CCOc1cc2cc(F)sc2cc1Cl. The van der Waals surface area contributed by atoms with Gasteiger partial charge in [-0.05, 0) is 30.5 Å². The third kappa shape index (κ3) is 1.70. The zero-order valence-electron chi connectivity index (χ0n) is 7.51. The summed E-state index contributed by atoms with van der Waals surface area (Å²) in [5.41, 5.74) is 0. The monoisotopic (exact) mass is 230 g/mol. The van der Waals surface area contributed by atoms with E-state index in [1.807, 2.05) is 6.92 Å². The maximum absolute atomic E-state index is 12.9. The molecule has 0 amide bonds. The second-order valence-electron chi connectivity index (χ2n) is 2.80. The standard InChI is InChI=1S/C10H8ClFOS/c1-2-13-8-3-6-4-10(12)14-9(6)5-7(8)11/h3-5H,2H2,1H3. The summed E-state index contributed by atoms with van der Waals surface area (Å²) in [6, 6.07) is 4.98. The Kier molecular flexibility index (Phi) is 2.61. The number of thiophene rings is 1. The minimum atomic E-state index is -0.204. The maximum atomic E-state index is 12.9. The van der Waals surface area contributed by atoms with Crippen molar-refractivity contribution in [1.29, 1.82) is 0 Å². The third-order valence-corrected chi connectivity index (χ3v) is 3.02. The van der Waals surface area contributed by atoms with Crippen molar-refractivity contribution in [3.05, 3.63) is 28.4 Å². The van der Waals surface area contributed by atoms with Crippen LogP contribution >= 0.6 is 22.9 Å². The van der Waals surface area contributed by atoms with E-state index in [2.05, 4.69) is 0 Å². The van der Waals surface area contributed by atoms with Gasteiger partial charge in [-0.15, -0.1) is 11.3 Å². The summed E-state index contributed by atoms with van der Waals surface area (Å²) < 4.78 is 19.1. The van der Waals surface area contributed by atoms with E-state index in [0.717, 1.165) is 21.4 Å². The summed E-state index contributed by atoms with van der Waals surface area (Å²) in [6.07, 6.45) is 0. The highest BCUT2D eigenvalue weighted by Crippen LogP contribution is 2.34. The molecular weight excluding hydrogens is 223 g/mol. The highest BCUT2D eigenvalue weighted by molar-refractivity contribution is 7.17. The molecule has 14 heavy (non-hydrogen) atoms. The summed E-state index contributed by atoms with van der Waals surface area (Å²) >= 11 is 7.04. The van der Waals surface area contributed by atoms with Crippen molar-refractivity contribution in [2.24, 2.45) is 0 Å². The molecule has 0 aliphatic rings. The van der Waals surface area contributed by atoms with Crippen LogP contribution in [-0.2, 0) is 0 Å². The van der Waals surface area contributed by atoms with Crippen molar-refractivity contribution in [3.8, 4) is 5.75 Å². The Balaban J connectivity index is 2.58. The first-order valence-corrected chi connectivity index (χ1v) is 5.41. The van der Waals surface area contributed by atoms with Gasteiger partial charge in [0.1, 0.15) is 5.75 Å². The molecule has 0 bridgehead atoms. The van der Waals surface area contributed by atoms with Gasteiger partial charge in [-0.2, -0.15) is 4.39 Å². The molecule has 74 valence electrons. The van der Waals surface area contributed by atoms with E-state index in [1.54, 1.807) is 12.1 Å². The quantitative estimate of drug-likeness (QED) is 0.755. The fraction of sp³-hybridized carbons (Fsp3) is 0.200. The molecule has 4 heteroatoms. The molecule has 2 aromatic rings. The van der Waals surface area contributed by atoms with E-state index in [-0.39, 0.29) is 5.13 Å². The maximum Gasteiger partial charge on any atom is 0.177 e. The Morgan fingerprint density at radius 3 is 2.93 bits per heavy atom. The molecule has 0 N–H and O–H groups in total. The summed E-state index contributed by atoms with van der Waals surface area (Å²) in [6.45, 7) is 2.44. The summed E-state index contributed by atoms with van der Waals surface area (Å²) in [5.74, 6) is 0.611. The van der Waals surface area contributed by atoms with Crippen LogP contribution in [0, 0.1) is 5.13 Å². The molecule has 0 atom stereocenters. The zero-order valence-corrected chi connectivity index (χ0v) is 9.08. The van der Waals surface area contributed by atoms with Crippen LogP contribution in [0.5, 0.6) is 5.75 Å². The summed E-state index contributed by atoms with van der Waals surface area (Å²) in [7, 11) is 0. The molecule has 1 aromatic heterocycles. The number of halogens is 2. The molecule has 1 nitrogen and oxygen atoms in total. The van der Waals surface area contributed by atoms with Crippen molar-refractivity contribution in [1.82, 2.24) is 0 Å². The minimum absolute atomic E-state index is 0.204. The minimum Gasteiger partial charge on any atom is -0.492 e. The molecule has 0 unspecified atom stereocenters. The predicted molar refractivity (Wildman–Crippen MR) is 58.0 cm³/mol. The fourth-order valence-electron chi connectivity index (χ4n) is 1.27. The second-order valence-corrected chi connectivity index (χ2v) is 4.25. The van der Waals surface area contributed by atoms with E-state index in [1.165, 1.54) is 6.07 Å². The Morgan fingerprint density at radius 2 is 2.21 bits per heavy atom. The summed E-state index contributed by atoms with van der Waals surface area (Å²) in [4.78, 5) is 0. The highest BCUT2D eigenvalue weighted by atomic mass is 35.5. The fourth-order valence-corrected chi connectivity index (χ4v) is 2.37. The van der Waals surface area contributed by atoms with E-state index < -0.39 is 0 Å². The Bertz CT molecular complexity index is 466. The average molecular weight is 231 g/mol. The van der Waals surface area contributed by atoms with Gasteiger partial charge in [0.05, 0.1) is 11.6 Å². The number of rotatable bonds is 2. The molecule has 0 saturated carbocycles. The van der Waals surface area contributed by atoms with Crippen LogP contribution in [0.4, 0.5) is 4.39 Å². The van der Waals surface area contributed by atoms with Crippen molar-refractivity contribution in [3.63, 3.8) is 0 Å². The van der Waals surface area contributed by atoms with Gasteiger partial charge in [0.15, 0.2) is 5.13 Å².